The maximum absolute atomic E-state index is 12.0. The lowest BCUT2D eigenvalue weighted by atomic mass is 9.84. The summed E-state index contributed by atoms with van der Waals surface area (Å²) in [4.78, 5) is 12.0. The summed E-state index contributed by atoms with van der Waals surface area (Å²) in [5.41, 5.74) is 3.98. The van der Waals surface area contributed by atoms with E-state index in [0.717, 1.165) is 0 Å². The van der Waals surface area contributed by atoms with Gasteiger partial charge in [-0.2, -0.15) is 0 Å². The Morgan fingerprint density at radius 2 is 2.19 bits per heavy atom. The number of carbonyl (C=O) groups is 1. The van der Waals surface area contributed by atoms with E-state index in [9.17, 15) is 4.79 Å². The van der Waals surface area contributed by atoms with Crippen molar-refractivity contribution in [1.82, 2.24) is 5.32 Å². The van der Waals surface area contributed by atoms with E-state index in [0.29, 0.717) is 6.61 Å². The van der Waals surface area contributed by atoms with Gasteiger partial charge >= 0.3 is 0 Å². The van der Waals surface area contributed by atoms with Crippen LogP contribution in [0.25, 0.3) is 0 Å². The summed E-state index contributed by atoms with van der Waals surface area (Å²) in [6.07, 6.45) is 0. The Balaban J connectivity index is 2.71. The van der Waals surface area contributed by atoms with Gasteiger partial charge < -0.3 is 26.0 Å². The zero-order valence-electron chi connectivity index (χ0n) is 9.69. The van der Waals surface area contributed by atoms with Gasteiger partial charge in [-0.3, -0.25) is 4.79 Å². The van der Waals surface area contributed by atoms with E-state index in [1.54, 1.807) is 13.8 Å². The minimum Gasteiger partial charge on any atom is -0.394 e. The molecule has 6 heteroatoms. The van der Waals surface area contributed by atoms with Crippen LogP contribution < -0.4 is 11.1 Å². The number of ether oxygens (including phenoxy) is 1. The lowest BCUT2D eigenvalue weighted by Gasteiger charge is -2.33. The van der Waals surface area contributed by atoms with Gasteiger partial charge in [0.05, 0.1) is 37.4 Å². The molecule has 1 aliphatic rings. The molecular formula is C10H20N2O4. The van der Waals surface area contributed by atoms with Crippen LogP contribution in [-0.4, -0.2) is 54.1 Å². The number of aliphatic hydroxyl groups excluding tert-OH is 2. The van der Waals surface area contributed by atoms with Crippen LogP contribution in [0.1, 0.15) is 13.8 Å². The molecule has 1 amide bonds. The van der Waals surface area contributed by atoms with Gasteiger partial charge in [-0.15, -0.1) is 0 Å². The van der Waals surface area contributed by atoms with Crippen LogP contribution >= 0.6 is 0 Å². The lowest BCUT2D eigenvalue weighted by molar-refractivity contribution is -0.133. The first kappa shape index (κ1) is 13.4. The van der Waals surface area contributed by atoms with E-state index in [-0.39, 0.29) is 31.8 Å². The Bertz CT molecular complexity index is 268. The van der Waals surface area contributed by atoms with Crippen LogP contribution in [0.2, 0.25) is 0 Å². The summed E-state index contributed by atoms with van der Waals surface area (Å²) >= 11 is 0. The minimum atomic E-state index is -1.03. The molecule has 0 saturated carbocycles. The molecule has 0 radical (unpaired) electrons. The molecule has 5 N–H and O–H groups in total. The van der Waals surface area contributed by atoms with Crippen LogP contribution in [0.3, 0.4) is 0 Å². The second-order valence-electron chi connectivity index (χ2n) is 4.87. The van der Waals surface area contributed by atoms with Crippen LogP contribution in [0.4, 0.5) is 0 Å². The maximum Gasteiger partial charge on any atom is 0.230 e. The summed E-state index contributed by atoms with van der Waals surface area (Å²) in [6.45, 7) is 3.22. The van der Waals surface area contributed by atoms with Gasteiger partial charge in [-0.1, -0.05) is 0 Å². The highest BCUT2D eigenvalue weighted by Crippen LogP contribution is 2.27. The van der Waals surface area contributed by atoms with Crippen LogP contribution in [0, 0.1) is 5.41 Å². The van der Waals surface area contributed by atoms with E-state index < -0.39 is 11.0 Å². The van der Waals surface area contributed by atoms with Gasteiger partial charge in [0.1, 0.15) is 0 Å². The second-order valence-corrected chi connectivity index (χ2v) is 4.87. The van der Waals surface area contributed by atoms with Crippen molar-refractivity contribution >= 4 is 5.91 Å². The second kappa shape index (κ2) is 4.67. The Morgan fingerprint density at radius 3 is 2.56 bits per heavy atom. The normalized spacial score (nSPS) is 30.4. The molecule has 1 saturated heterocycles. The first-order valence-electron chi connectivity index (χ1n) is 5.25. The summed E-state index contributed by atoms with van der Waals surface area (Å²) < 4.78 is 5.16. The molecule has 1 rings (SSSR count). The molecule has 0 aromatic rings. The Labute approximate surface area is 94.8 Å². The summed E-state index contributed by atoms with van der Waals surface area (Å²) in [7, 11) is 0. The van der Waals surface area contributed by atoms with Crippen molar-refractivity contribution < 1.29 is 19.7 Å². The molecule has 0 aromatic heterocycles. The van der Waals surface area contributed by atoms with Gasteiger partial charge in [0.15, 0.2) is 0 Å². The number of hydrogen-bond donors (Lipinski definition) is 4. The molecule has 16 heavy (non-hydrogen) atoms. The number of amides is 1. The third-order valence-electron chi connectivity index (χ3n) is 3.15. The quantitative estimate of drug-likeness (QED) is 0.458. The first-order valence-corrected chi connectivity index (χ1v) is 5.25. The predicted molar refractivity (Wildman–Crippen MR) is 57.6 cm³/mol. The number of hydrogen-bond acceptors (Lipinski definition) is 5. The van der Waals surface area contributed by atoms with Crippen molar-refractivity contribution in [2.75, 3.05) is 26.4 Å². The smallest absolute Gasteiger partial charge is 0.230 e. The molecule has 2 unspecified atom stereocenters. The Kier molecular flexibility index (Phi) is 3.90. The molecule has 1 aliphatic heterocycles. The topological polar surface area (TPSA) is 105 Å². The number of nitrogens with one attached hydrogen (secondary N) is 1. The van der Waals surface area contributed by atoms with Gasteiger partial charge in [-0.05, 0) is 13.8 Å². The highest BCUT2D eigenvalue weighted by atomic mass is 16.5. The number of nitrogens with two attached hydrogens (primary N) is 1. The molecule has 0 bridgehead atoms. The summed E-state index contributed by atoms with van der Waals surface area (Å²) in [5, 5.41) is 20.8. The van der Waals surface area contributed by atoms with Crippen molar-refractivity contribution in [2.24, 2.45) is 11.1 Å². The van der Waals surface area contributed by atoms with Crippen molar-refractivity contribution in [3.63, 3.8) is 0 Å². The third kappa shape index (κ3) is 2.35. The van der Waals surface area contributed by atoms with Crippen LogP contribution in [0.15, 0.2) is 0 Å². The van der Waals surface area contributed by atoms with Gasteiger partial charge in [0.2, 0.25) is 5.91 Å². The van der Waals surface area contributed by atoms with E-state index in [2.05, 4.69) is 5.32 Å². The van der Waals surface area contributed by atoms with Crippen molar-refractivity contribution in [3.8, 4) is 0 Å². The SMILES string of the molecule is CC(CO)(CO)NC(=O)C1(C)COCC1N. The van der Waals surface area contributed by atoms with Gasteiger partial charge in [0.25, 0.3) is 0 Å². The lowest BCUT2D eigenvalue weighted by Crippen LogP contribution is -2.59. The summed E-state index contributed by atoms with van der Waals surface area (Å²) in [5.74, 6) is -0.303. The van der Waals surface area contributed by atoms with Crippen molar-refractivity contribution in [2.45, 2.75) is 25.4 Å². The Morgan fingerprint density at radius 1 is 1.62 bits per heavy atom. The van der Waals surface area contributed by atoms with Gasteiger partial charge in [0, 0.05) is 6.04 Å². The average Bonchev–Trinajstić information content (AvgIpc) is 2.60. The van der Waals surface area contributed by atoms with E-state index in [1.807, 2.05) is 0 Å². The molecule has 94 valence electrons. The third-order valence-corrected chi connectivity index (χ3v) is 3.15. The molecular weight excluding hydrogens is 212 g/mol. The molecule has 1 fully saturated rings. The zero-order valence-corrected chi connectivity index (χ0v) is 9.69. The molecule has 6 nitrogen and oxygen atoms in total. The highest BCUT2D eigenvalue weighted by Gasteiger charge is 2.46. The maximum atomic E-state index is 12.0. The predicted octanol–water partition coefficient (Wildman–Crippen LogP) is -1.79. The number of rotatable bonds is 4. The van der Waals surface area contributed by atoms with Crippen molar-refractivity contribution in [3.05, 3.63) is 0 Å². The van der Waals surface area contributed by atoms with E-state index in [4.69, 9.17) is 20.7 Å². The minimum absolute atomic E-state index is 0.257. The monoisotopic (exact) mass is 232 g/mol. The highest BCUT2D eigenvalue weighted by molar-refractivity contribution is 5.84. The standard InChI is InChI=1S/C10H20N2O4/c1-9(4-13,5-14)12-8(15)10(2)6-16-3-7(10)11/h7,13-14H,3-6,11H2,1-2H3,(H,12,15). The fourth-order valence-electron chi connectivity index (χ4n) is 1.47. The van der Waals surface area contributed by atoms with Crippen molar-refractivity contribution in [1.29, 1.82) is 0 Å². The molecule has 0 aromatic carbocycles. The molecule has 0 spiro atoms. The number of carbonyl (C=O) groups excluding carboxylic acids is 1. The van der Waals surface area contributed by atoms with Gasteiger partial charge in [-0.25, -0.2) is 0 Å². The van der Waals surface area contributed by atoms with Crippen LogP contribution in [-0.2, 0) is 9.53 Å². The molecule has 0 aliphatic carbocycles. The van der Waals surface area contributed by atoms with Crippen LogP contribution in [0.5, 0.6) is 0 Å². The summed E-state index contributed by atoms with van der Waals surface area (Å²) in [6, 6.07) is -0.367. The molecule has 2 atom stereocenters. The fourth-order valence-corrected chi connectivity index (χ4v) is 1.47. The molecule has 1 heterocycles. The number of aliphatic hydroxyl groups is 2. The fraction of sp³-hybridized carbons (Fsp3) is 0.900. The zero-order chi connectivity index (χ0) is 12.4. The van der Waals surface area contributed by atoms with E-state index in [1.165, 1.54) is 0 Å². The first-order chi connectivity index (χ1) is 7.38. The average molecular weight is 232 g/mol. The largest absolute Gasteiger partial charge is 0.394 e. The van der Waals surface area contributed by atoms with E-state index >= 15 is 0 Å². The Hall–Kier alpha value is -0.690.